The molecule has 12 heteroatoms. The third-order valence-corrected chi connectivity index (χ3v) is 6.10. The van der Waals surface area contributed by atoms with Gasteiger partial charge in [-0.05, 0) is 49.1 Å². The molecule has 0 saturated carbocycles. The normalized spacial score (nSPS) is 9.29. The molecule has 6 aromatic carbocycles. The first-order valence-electron chi connectivity index (χ1n) is 26.9. The van der Waals surface area contributed by atoms with Crippen LogP contribution in [0.25, 0.3) is 0 Å². The number of aliphatic hydroxyl groups is 1. The second-order valence-corrected chi connectivity index (χ2v) is 13.1. The van der Waals surface area contributed by atoms with E-state index in [0.717, 1.165) is 13.2 Å². The maximum Gasteiger partial charge on any atom is 0.104 e. The van der Waals surface area contributed by atoms with E-state index in [1.807, 2.05) is 251 Å². The summed E-state index contributed by atoms with van der Waals surface area (Å²) in [5, 5.41) is 14.4. The highest BCUT2D eigenvalue weighted by Gasteiger charge is 2.21. The summed E-state index contributed by atoms with van der Waals surface area (Å²) in [5.74, 6) is 0. The predicted octanol–water partition coefficient (Wildman–Crippen LogP) is 14.1. The number of nitrogens with two attached hydrogens (primary N) is 2. The van der Waals surface area contributed by atoms with Crippen LogP contribution in [-0.4, -0.2) is 150 Å². The van der Waals surface area contributed by atoms with E-state index in [2.05, 4.69) is 83.9 Å². The van der Waals surface area contributed by atoms with Gasteiger partial charge >= 0.3 is 0 Å². The molecule has 1 fully saturated rings. The van der Waals surface area contributed by atoms with Crippen LogP contribution in [0.5, 0.6) is 0 Å². The van der Waals surface area contributed by atoms with Gasteiger partial charge in [-0.15, -0.1) is 0 Å². The molecule has 1 heterocycles. The molecular weight excluding hydrogens is 989 g/mol. The highest BCUT2D eigenvalue weighted by atomic mass is 16.6. The van der Waals surface area contributed by atoms with Gasteiger partial charge in [-0.2, -0.15) is 0 Å². The van der Waals surface area contributed by atoms with Gasteiger partial charge in [0, 0.05) is 77.6 Å². The van der Waals surface area contributed by atoms with Crippen molar-refractivity contribution in [1.82, 2.24) is 10.6 Å². The van der Waals surface area contributed by atoms with Crippen molar-refractivity contribution in [2.24, 2.45) is 11.5 Å². The first-order valence-corrected chi connectivity index (χ1v) is 26.9. The molecule has 0 aromatic heterocycles. The van der Waals surface area contributed by atoms with Crippen molar-refractivity contribution in [2.75, 3.05) is 133 Å². The van der Waals surface area contributed by atoms with E-state index in [0.29, 0.717) is 19.3 Å². The predicted molar refractivity (Wildman–Crippen MR) is 354 cm³/mol. The number of aryl methyl sites for hydroxylation is 2. The summed E-state index contributed by atoms with van der Waals surface area (Å²) in [6.45, 7) is 22.8. The van der Waals surface area contributed by atoms with E-state index in [-0.39, 0.29) is 6.10 Å². The molecule has 7 N–H and O–H groups in total. The van der Waals surface area contributed by atoms with Crippen LogP contribution in [0.3, 0.4) is 0 Å². The van der Waals surface area contributed by atoms with Crippen LogP contribution in [0.1, 0.15) is 66.5 Å². The molecule has 1 saturated heterocycles. The lowest BCUT2D eigenvalue weighted by Gasteiger charge is -2.06. The molecule has 7 rings (SSSR count). The summed E-state index contributed by atoms with van der Waals surface area (Å²) in [7, 11) is 24.8. The summed E-state index contributed by atoms with van der Waals surface area (Å²) in [6, 6.07) is 68.5. The molecule has 79 heavy (non-hydrogen) atoms. The van der Waals surface area contributed by atoms with E-state index in [1.54, 1.807) is 78.1 Å². The number of methoxy groups -OCH3 is 6. The minimum absolute atomic E-state index is 0.370. The van der Waals surface area contributed by atoms with Gasteiger partial charge < -0.3 is 60.4 Å². The molecule has 12 nitrogen and oxygen atoms in total. The molecular formula is C67H126N4O8. The molecule has 1 aliphatic rings. The Balaban J connectivity index is -0.0000000612. The van der Waals surface area contributed by atoms with Crippen molar-refractivity contribution in [2.45, 2.75) is 81.4 Å². The molecule has 2 atom stereocenters. The zero-order chi connectivity index (χ0) is 63.5. The smallest absolute Gasteiger partial charge is 0.104 e. The van der Waals surface area contributed by atoms with Crippen LogP contribution in [0.15, 0.2) is 206 Å². The Bertz CT molecular complexity index is 1250. The second-order valence-electron chi connectivity index (χ2n) is 13.1. The van der Waals surface area contributed by atoms with Gasteiger partial charge in [0.05, 0.1) is 25.9 Å². The number of hydrogen-bond donors (Lipinski definition) is 5. The fourth-order valence-electron chi connectivity index (χ4n) is 3.45. The van der Waals surface area contributed by atoms with E-state index in [4.69, 9.17) is 14.6 Å². The van der Waals surface area contributed by atoms with Crippen LogP contribution >= 0.6 is 0 Å². The fourth-order valence-corrected chi connectivity index (χ4v) is 3.45. The van der Waals surface area contributed by atoms with Crippen molar-refractivity contribution < 1.29 is 38.3 Å². The first kappa shape index (κ1) is 102. The Morgan fingerprint density at radius 3 is 0.658 bits per heavy atom. The lowest BCUT2D eigenvalue weighted by atomic mass is 10.2. The quantitative estimate of drug-likeness (QED) is 0.100. The van der Waals surface area contributed by atoms with Crippen molar-refractivity contribution in [3.05, 3.63) is 217 Å². The Morgan fingerprint density at radius 2 is 0.570 bits per heavy atom. The number of ether oxygens (including phenoxy) is 7. The number of epoxide rings is 1. The molecule has 6 aromatic rings. The van der Waals surface area contributed by atoms with E-state index in [9.17, 15) is 0 Å². The van der Waals surface area contributed by atoms with Gasteiger partial charge in [0.1, 0.15) is 6.10 Å². The number of benzene rings is 6. The van der Waals surface area contributed by atoms with E-state index < -0.39 is 0 Å². The summed E-state index contributed by atoms with van der Waals surface area (Å²) in [4.78, 5) is 0. The molecule has 462 valence electrons. The molecule has 0 bridgehead atoms. The average molecular weight is 1120 g/mol. The second kappa shape index (κ2) is 130. The zero-order valence-corrected chi connectivity index (χ0v) is 55.1. The maximum absolute atomic E-state index is 8.86. The number of hydrogen-bond acceptors (Lipinski definition) is 12. The van der Waals surface area contributed by atoms with Crippen molar-refractivity contribution in [3.63, 3.8) is 0 Å². The van der Waals surface area contributed by atoms with Gasteiger partial charge in [0.2, 0.25) is 0 Å². The molecule has 0 spiro atoms. The van der Waals surface area contributed by atoms with E-state index >= 15 is 0 Å². The van der Waals surface area contributed by atoms with Crippen LogP contribution in [-0.2, 0) is 33.2 Å². The van der Waals surface area contributed by atoms with Gasteiger partial charge in [-0.1, -0.05) is 273 Å². The highest BCUT2D eigenvalue weighted by Crippen LogP contribution is 2.07. The Hall–Kier alpha value is -5.16. The number of aliphatic hydroxyl groups excluding tert-OH is 1. The SMILES string of the molecule is CC.CC.CC.CC.CN.CN.CNC.CNCC(O)COC.COC.COC.COC.COC.COCC1CO1.Cc1ccccc1.Cc1ccccc1.c1ccccc1.c1ccccc1.c1ccccc1.c1ccccc1. The summed E-state index contributed by atoms with van der Waals surface area (Å²) in [6.07, 6.45) is 0.0556. The fraction of sp³-hybridized carbons (Fsp3) is 0.463. The number of likely N-dealkylation sites (N-methyl/N-ethyl adjacent to an activating group) is 1. The number of nitrogens with one attached hydrogen (secondary N) is 2. The minimum atomic E-state index is -0.370. The van der Waals surface area contributed by atoms with Gasteiger partial charge in [-0.3, -0.25) is 0 Å². The number of rotatable bonds is 6. The third-order valence-electron chi connectivity index (χ3n) is 6.10. The Morgan fingerprint density at radius 1 is 0.405 bits per heavy atom. The Labute approximate surface area is 489 Å². The first-order chi connectivity index (χ1) is 38.6. The van der Waals surface area contributed by atoms with Crippen LogP contribution in [0.2, 0.25) is 0 Å². The van der Waals surface area contributed by atoms with Crippen molar-refractivity contribution in [1.29, 1.82) is 0 Å². The standard InChI is InChI=1S/2C7H8.4C6H6.C5H13NO2.C4H8O2.C2H7N.4C2H6O.4C2H6.2CH5N/c2*1-7-5-3-2-4-6-7;4*1-2-4-6-5-3-1;1-6-3-5(7)4-8-2;1-5-2-4-3-6-4;5*1-3-2;6*1-2/h2*2-6H,1H3;4*1-6H;5-7H,3-4H2,1-2H3;4H,2-3H2,1H3;3H,1-2H3;4*1-2H3;4*1-2H3;2*2H2,1H3. The van der Waals surface area contributed by atoms with Crippen LogP contribution < -0.4 is 22.1 Å². The third kappa shape index (κ3) is 167. The molecule has 0 aliphatic carbocycles. The summed E-state index contributed by atoms with van der Waals surface area (Å²) < 4.78 is 31.2. The van der Waals surface area contributed by atoms with Crippen LogP contribution in [0, 0.1) is 13.8 Å². The van der Waals surface area contributed by atoms with Crippen molar-refractivity contribution in [3.8, 4) is 0 Å². The monoisotopic (exact) mass is 1110 g/mol. The Kier molecular flexibility index (Phi) is 168. The van der Waals surface area contributed by atoms with Gasteiger partial charge in [-0.25, -0.2) is 0 Å². The van der Waals surface area contributed by atoms with Gasteiger partial charge in [0.15, 0.2) is 0 Å². The zero-order valence-electron chi connectivity index (χ0n) is 55.1. The molecule has 2 unspecified atom stereocenters. The molecule has 1 aliphatic heterocycles. The highest BCUT2D eigenvalue weighted by molar-refractivity contribution is 5.12. The van der Waals surface area contributed by atoms with Crippen molar-refractivity contribution >= 4 is 0 Å². The van der Waals surface area contributed by atoms with E-state index in [1.165, 1.54) is 25.2 Å². The topological polar surface area (TPSA) is 164 Å². The largest absolute Gasteiger partial charge is 0.389 e. The lowest BCUT2D eigenvalue weighted by Crippen LogP contribution is -2.27. The van der Waals surface area contributed by atoms with Crippen LogP contribution in [0.4, 0.5) is 0 Å². The summed E-state index contributed by atoms with van der Waals surface area (Å²) in [5.41, 5.74) is 11.6. The summed E-state index contributed by atoms with van der Waals surface area (Å²) >= 11 is 0. The maximum atomic E-state index is 8.86. The average Bonchev–Trinajstić information content (AvgIpc) is 4.35. The minimum Gasteiger partial charge on any atom is -0.389 e. The lowest BCUT2D eigenvalue weighted by molar-refractivity contribution is 0.0658. The molecule has 0 radical (unpaired) electrons. The molecule has 0 amide bonds. The van der Waals surface area contributed by atoms with Gasteiger partial charge in [0.25, 0.3) is 0 Å².